The Bertz CT molecular complexity index is 323. The summed E-state index contributed by atoms with van der Waals surface area (Å²) in [5.41, 5.74) is 0. The topological polar surface area (TPSA) is 116 Å². The van der Waals surface area contributed by atoms with Crippen molar-refractivity contribution in [2.45, 2.75) is 82.6 Å². The molecule has 0 aromatic heterocycles. The molecule has 0 unspecified atom stereocenters. The van der Waals surface area contributed by atoms with Gasteiger partial charge in [0, 0.05) is 13.0 Å². The van der Waals surface area contributed by atoms with Crippen molar-refractivity contribution < 1.29 is 34.7 Å². The lowest BCUT2D eigenvalue weighted by Crippen LogP contribution is -2.57. The standard InChI is InChI=1S/C15H28O7/c1-10-12(18)13(19)14(20)15(22-10)21-9-7-5-3-2-4-6-8-11(16)17/h10,12-15,18-20H,2-9H2,1H3,(H,16,17)/t10-,12+,13+,14-,15-/m1/s1. The second-order valence-electron chi connectivity index (χ2n) is 5.82. The summed E-state index contributed by atoms with van der Waals surface area (Å²) in [6.07, 6.45) is 0.506. The molecule has 7 heteroatoms. The molecule has 0 amide bonds. The molecule has 1 rings (SSSR count). The van der Waals surface area contributed by atoms with Gasteiger partial charge in [0.2, 0.25) is 0 Å². The fraction of sp³-hybridized carbons (Fsp3) is 0.933. The second-order valence-corrected chi connectivity index (χ2v) is 5.82. The van der Waals surface area contributed by atoms with Crippen LogP contribution in [0.1, 0.15) is 51.9 Å². The minimum Gasteiger partial charge on any atom is -0.481 e. The Kier molecular flexibility index (Phi) is 8.89. The second kappa shape index (κ2) is 10.1. The van der Waals surface area contributed by atoms with Crippen LogP contribution in [0, 0.1) is 0 Å². The number of hydrogen-bond acceptors (Lipinski definition) is 6. The molecule has 0 saturated carbocycles. The number of carbonyl (C=O) groups is 1. The molecule has 0 radical (unpaired) electrons. The molecule has 0 bridgehead atoms. The quantitative estimate of drug-likeness (QED) is 0.437. The first-order valence-electron chi connectivity index (χ1n) is 7.96. The SMILES string of the molecule is C[C@H]1O[C@@H](OCCCCCCCCC(=O)O)[C@H](O)[C@@H](O)[C@H]1O. The van der Waals surface area contributed by atoms with Crippen LogP contribution < -0.4 is 0 Å². The summed E-state index contributed by atoms with van der Waals surface area (Å²) in [5.74, 6) is -0.749. The van der Waals surface area contributed by atoms with Crippen LogP contribution in [0.25, 0.3) is 0 Å². The Labute approximate surface area is 130 Å². The highest BCUT2D eigenvalue weighted by molar-refractivity contribution is 5.66. The summed E-state index contributed by atoms with van der Waals surface area (Å²) < 4.78 is 10.7. The zero-order valence-corrected chi connectivity index (χ0v) is 13.1. The van der Waals surface area contributed by atoms with E-state index in [0.717, 1.165) is 32.1 Å². The van der Waals surface area contributed by atoms with Gasteiger partial charge in [-0.1, -0.05) is 25.7 Å². The van der Waals surface area contributed by atoms with Gasteiger partial charge in [-0.05, 0) is 19.8 Å². The zero-order valence-electron chi connectivity index (χ0n) is 13.1. The Morgan fingerprint density at radius 2 is 1.55 bits per heavy atom. The summed E-state index contributed by atoms with van der Waals surface area (Å²) in [4.78, 5) is 10.3. The lowest BCUT2D eigenvalue weighted by atomic mass is 10.00. The molecule has 1 heterocycles. The van der Waals surface area contributed by atoms with E-state index in [1.807, 2.05) is 0 Å². The Morgan fingerprint density at radius 1 is 0.955 bits per heavy atom. The van der Waals surface area contributed by atoms with Gasteiger partial charge in [0.25, 0.3) is 0 Å². The van der Waals surface area contributed by atoms with E-state index in [2.05, 4.69) is 0 Å². The predicted molar refractivity (Wildman–Crippen MR) is 78.3 cm³/mol. The van der Waals surface area contributed by atoms with Crippen LogP contribution in [0.15, 0.2) is 0 Å². The van der Waals surface area contributed by atoms with Gasteiger partial charge in [0.15, 0.2) is 6.29 Å². The van der Waals surface area contributed by atoms with E-state index in [1.165, 1.54) is 0 Å². The van der Waals surface area contributed by atoms with Gasteiger partial charge in [0.1, 0.15) is 18.3 Å². The molecule has 22 heavy (non-hydrogen) atoms. The van der Waals surface area contributed by atoms with Crippen LogP contribution >= 0.6 is 0 Å². The number of carboxylic acids is 1. The Morgan fingerprint density at radius 3 is 2.18 bits per heavy atom. The number of unbranched alkanes of at least 4 members (excludes halogenated alkanes) is 5. The summed E-state index contributed by atoms with van der Waals surface area (Å²) >= 11 is 0. The van der Waals surface area contributed by atoms with Gasteiger partial charge in [0.05, 0.1) is 6.10 Å². The van der Waals surface area contributed by atoms with Crippen LogP contribution in [0.2, 0.25) is 0 Å². The van der Waals surface area contributed by atoms with E-state index < -0.39 is 36.7 Å². The minimum absolute atomic E-state index is 0.229. The maximum Gasteiger partial charge on any atom is 0.303 e. The van der Waals surface area contributed by atoms with Crippen molar-refractivity contribution in [1.29, 1.82) is 0 Å². The molecular formula is C15H28O7. The smallest absolute Gasteiger partial charge is 0.303 e. The first-order chi connectivity index (χ1) is 10.4. The van der Waals surface area contributed by atoms with Crippen LogP contribution in [0.4, 0.5) is 0 Å². The number of rotatable bonds is 10. The van der Waals surface area contributed by atoms with Gasteiger partial charge >= 0.3 is 5.97 Å². The molecule has 0 spiro atoms. The number of hydrogen-bond donors (Lipinski definition) is 4. The van der Waals surface area contributed by atoms with Gasteiger partial charge in [-0.15, -0.1) is 0 Å². The fourth-order valence-corrected chi connectivity index (χ4v) is 2.44. The van der Waals surface area contributed by atoms with Crippen LogP contribution in [-0.2, 0) is 14.3 Å². The molecule has 1 aliphatic heterocycles. The van der Waals surface area contributed by atoms with Crippen molar-refractivity contribution >= 4 is 5.97 Å². The van der Waals surface area contributed by atoms with Crippen molar-refractivity contribution in [2.75, 3.05) is 6.61 Å². The maximum atomic E-state index is 10.3. The molecule has 130 valence electrons. The first-order valence-corrected chi connectivity index (χ1v) is 7.96. The van der Waals surface area contributed by atoms with E-state index >= 15 is 0 Å². The number of aliphatic hydroxyl groups is 3. The van der Waals surface area contributed by atoms with Crippen molar-refractivity contribution in [3.63, 3.8) is 0 Å². The van der Waals surface area contributed by atoms with Crippen molar-refractivity contribution in [3.8, 4) is 0 Å². The van der Waals surface area contributed by atoms with Gasteiger partial charge < -0.3 is 29.9 Å². The average molecular weight is 320 g/mol. The summed E-state index contributed by atoms with van der Waals surface area (Å²) in [6, 6.07) is 0. The van der Waals surface area contributed by atoms with E-state index in [1.54, 1.807) is 6.92 Å². The maximum absolute atomic E-state index is 10.3. The van der Waals surface area contributed by atoms with Gasteiger partial charge in [-0.3, -0.25) is 4.79 Å². The average Bonchev–Trinajstić information content (AvgIpc) is 2.48. The molecule has 1 aliphatic rings. The third-order valence-corrected chi connectivity index (χ3v) is 3.88. The van der Waals surface area contributed by atoms with Crippen LogP contribution in [0.5, 0.6) is 0 Å². The summed E-state index contributed by atoms with van der Waals surface area (Å²) in [7, 11) is 0. The highest BCUT2D eigenvalue weighted by Crippen LogP contribution is 2.22. The zero-order chi connectivity index (χ0) is 16.5. The largest absolute Gasteiger partial charge is 0.481 e. The predicted octanol–water partition coefficient (Wildman–Crippen LogP) is 0.646. The molecule has 4 N–H and O–H groups in total. The molecule has 5 atom stereocenters. The lowest BCUT2D eigenvalue weighted by molar-refractivity contribution is -0.293. The van der Waals surface area contributed by atoms with Gasteiger partial charge in [-0.2, -0.15) is 0 Å². The molecule has 1 fully saturated rings. The van der Waals surface area contributed by atoms with Crippen molar-refractivity contribution in [1.82, 2.24) is 0 Å². The lowest BCUT2D eigenvalue weighted by Gasteiger charge is -2.38. The summed E-state index contributed by atoms with van der Waals surface area (Å²) in [5, 5.41) is 37.5. The highest BCUT2D eigenvalue weighted by Gasteiger charge is 2.42. The molecule has 7 nitrogen and oxygen atoms in total. The van der Waals surface area contributed by atoms with Crippen LogP contribution in [0.3, 0.4) is 0 Å². The van der Waals surface area contributed by atoms with E-state index in [9.17, 15) is 20.1 Å². The monoisotopic (exact) mass is 320 g/mol. The van der Waals surface area contributed by atoms with Crippen LogP contribution in [-0.4, -0.2) is 63.7 Å². The molecular weight excluding hydrogens is 292 g/mol. The number of aliphatic hydroxyl groups excluding tert-OH is 3. The molecule has 0 aromatic rings. The first kappa shape index (κ1) is 19.3. The van der Waals surface area contributed by atoms with E-state index in [4.69, 9.17) is 14.6 Å². The molecule has 1 saturated heterocycles. The van der Waals surface area contributed by atoms with Gasteiger partial charge in [-0.25, -0.2) is 0 Å². The number of aliphatic carboxylic acids is 1. The Balaban J connectivity index is 2.03. The third-order valence-electron chi connectivity index (χ3n) is 3.88. The van der Waals surface area contributed by atoms with Crippen molar-refractivity contribution in [3.05, 3.63) is 0 Å². The molecule has 0 aliphatic carbocycles. The number of ether oxygens (including phenoxy) is 2. The van der Waals surface area contributed by atoms with E-state index in [-0.39, 0.29) is 6.42 Å². The van der Waals surface area contributed by atoms with Crippen molar-refractivity contribution in [2.24, 2.45) is 0 Å². The fourth-order valence-electron chi connectivity index (χ4n) is 2.44. The number of carboxylic acid groups (broad SMARTS) is 1. The molecule has 0 aromatic carbocycles. The van der Waals surface area contributed by atoms with E-state index in [0.29, 0.717) is 13.0 Å². The third kappa shape index (κ3) is 6.58. The highest BCUT2D eigenvalue weighted by atomic mass is 16.7. The minimum atomic E-state index is -1.26. The Hall–Kier alpha value is -0.730. The normalized spacial score (nSPS) is 32.1. The summed E-state index contributed by atoms with van der Waals surface area (Å²) in [6.45, 7) is 2.03.